The molecule has 4 rings (SSSR count). The van der Waals surface area contributed by atoms with Crippen molar-refractivity contribution in [3.8, 4) is 0 Å². The number of ether oxygens (including phenoxy) is 1. The fourth-order valence-corrected chi connectivity index (χ4v) is 4.79. The predicted molar refractivity (Wildman–Crippen MR) is 108 cm³/mol. The van der Waals surface area contributed by atoms with Crippen LogP contribution in [0.1, 0.15) is 19.3 Å². The molecule has 0 aromatic heterocycles. The number of carbonyl (C=O) groups excluding carboxylic acids is 3. The molecule has 162 valence electrons. The molecular weight excluding hydrogens is 388 g/mol. The highest BCUT2D eigenvalue weighted by Gasteiger charge is 2.57. The number of hydrogen-bond acceptors (Lipinski definition) is 6. The molecule has 1 saturated carbocycles. The average molecular weight is 416 g/mol. The van der Waals surface area contributed by atoms with Gasteiger partial charge in [-0.15, -0.1) is 0 Å². The topological polar surface area (TPSA) is 102 Å². The van der Waals surface area contributed by atoms with Crippen LogP contribution in [0, 0.1) is 11.3 Å². The third-order valence-electron chi connectivity index (χ3n) is 6.65. The summed E-state index contributed by atoms with van der Waals surface area (Å²) < 4.78 is 4.93. The Labute approximate surface area is 175 Å². The van der Waals surface area contributed by atoms with Crippen LogP contribution in [-0.4, -0.2) is 78.8 Å². The van der Waals surface area contributed by atoms with Crippen molar-refractivity contribution < 1.29 is 24.3 Å². The highest BCUT2D eigenvalue weighted by molar-refractivity contribution is 5.93. The number of piperazine rings is 1. The van der Waals surface area contributed by atoms with Crippen molar-refractivity contribution in [1.29, 1.82) is 0 Å². The van der Waals surface area contributed by atoms with Crippen LogP contribution in [-0.2, 0) is 14.3 Å². The first-order valence-corrected chi connectivity index (χ1v) is 10.4. The number of methoxy groups -OCH3 is 1. The van der Waals surface area contributed by atoms with Crippen molar-refractivity contribution in [3.63, 3.8) is 0 Å². The molecule has 3 aliphatic rings. The smallest absolute Gasteiger partial charge is 0.410 e. The van der Waals surface area contributed by atoms with Gasteiger partial charge in [0.15, 0.2) is 0 Å². The summed E-state index contributed by atoms with van der Waals surface area (Å²) in [7, 11) is 1.28. The minimum Gasteiger partial charge on any atom is -0.453 e. The highest BCUT2D eigenvalue weighted by atomic mass is 16.5. The molecule has 2 atom stereocenters. The molecule has 30 heavy (non-hydrogen) atoms. The number of para-hydroxylation sites is 1. The van der Waals surface area contributed by atoms with Crippen LogP contribution in [0.4, 0.5) is 10.5 Å². The van der Waals surface area contributed by atoms with E-state index >= 15 is 0 Å². The molecule has 0 bridgehead atoms. The molecule has 0 radical (unpaired) electrons. The van der Waals surface area contributed by atoms with E-state index in [1.165, 1.54) is 12.0 Å². The summed E-state index contributed by atoms with van der Waals surface area (Å²) in [5.74, 6) is -1.70. The number of benzene rings is 1. The SMILES string of the molecule is COC(=O)N1CC2(CC2)C[C@H](C(=O)NO)[C@H]1C(=O)N1CCN(c2ccccc2)CC1. The molecule has 1 aromatic rings. The lowest BCUT2D eigenvalue weighted by Gasteiger charge is -2.45. The zero-order chi connectivity index (χ0) is 21.3. The summed E-state index contributed by atoms with van der Waals surface area (Å²) in [6.45, 7) is 2.73. The summed E-state index contributed by atoms with van der Waals surface area (Å²) >= 11 is 0. The summed E-state index contributed by atoms with van der Waals surface area (Å²) in [5, 5.41) is 9.26. The largest absolute Gasteiger partial charge is 0.453 e. The van der Waals surface area contributed by atoms with Gasteiger partial charge < -0.3 is 14.5 Å². The van der Waals surface area contributed by atoms with E-state index in [0.29, 0.717) is 39.1 Å². The van der Waals surface area contributed by atoms with Crippen LogP contribution in [0.5, 0.6) is 0 Å². The summed E-state index contributed by atoms with van der Waals surface area (Å²) in [6.07, 6.45) is 1.66. The third kappa shape index (κ3) is 3.81. The van der Waals surface area contributed by atoms with Crippen molar-refractivity contribution in [2.75, 3.05) is 44.7 Å². The number of nitrogens with one attached hydrogen (secondary N) is 1. The molecule has 2 heterocycles. The van der Waals surface area contributed by atoms with Crippen molar-refractivity contribution >= 4 is 23.6 Å². The lowest BCUT2D eigenvalue weighted by Crippen LogP contribution is -2.63. The zero-order valence-electron chi connectivity index (χ0n) is 17.1. The number of rotatable bonds is 3. The Morgan fingerprint density at radius 3 is 2.33 bits per heavy atom. The maximum atomic E-state index is 13.5. The Balaban J connectivity index is 1.52. The van der Waals surface area contributed by atoms with Gasteiger partial charge in [0, 0.05) is 38.4 Å². The van der Waals surface area contributed by atoms with Gasteiger partial charge in [-0.3, -0.25) is 19.7 Å². The summed E-state index contributed by atoms with van der Waals surface area (Å²) in [6, 6.07) is 9.03. The standard InChI is InChI=1S/C21H28N4O5/c1-30-20(28)25-14-21(7-8-21)13-16(18(26)22-29)17(25)19(27)24-11-9-23(10-12-24)15-5-3-2-4-6-15/h2-6,16-17,29H,7-14H2,1H3,(H,22,26)/t16-,17-/m0/s1. The Hall–Kier alpha value is -2.81. The van der Waals surface area contributed by atoms with E-state index in [1.807, 2.05) is 30.3 Å². The normalized spacial score (nSPS) is 25.1. The van der Waals surface area contributed by atoms with Gasteiger partial charge in [-0.2, -0.15) is 0 Å². The molecule has 3 amide bonds. The molecule has 2 saturated heterocycles. The minimum atomic E-state index is -0.973. The van der Waals surface area contributed by atoms with E-state index < -0.39 is 24.0 Å². The number of likely N-dealkylation sites (tertiary alicyclic amines) is 1. The number of hydrogen-bond donors (Lipinski definition) is 2. The second kappa shape index (κ2) is 8.14. The Morgan fingerprint density at radius 1 is 1.10 bits per heavy atom. The number of hydroxylamine groups is 1. The van der Waals surface area contributed by atoms with Crippen LogP contribution in [0.3, 0.4) is 0 Å². The van der Waals surface area contributed by atoms with Crippen LogP contribution in [0.25, 0.3) is 0 Å². The number of piperidine rings is 1. The van der Waals surface area contributed by atoms with Gasteiger partial charge in [-0.1, -0.05) is 18.2 Å². The molecule has 3 fully saturated rings. The Bertz CT molecular complexity index is 777. The second-order valence-electron chi connectivity index (χ2n) is 8.48. The number of amides is 3. The van der Waals surface area contributed by atoms with E-state index in [1.54, 1.807) is 10.4 Å². The molecule has 9 nitrogen and oxygen atoms in total. The second-order valence-corrected chi connectivity index (χ2v) is 8.48. The molecule has 1 aliphatic carbocycles. The average Bonchev–Trinajstić information content (AvgIpc) is 3.55. The van der Waals surface area contributed by atoms with E-state index in [2.05, 4.69) is 4.90 Å². The predicted octanol–water partition coefficient (Wildman–Crippen LogP) is 1.08. The van der Waals surface area contributed by atoms with E-state index in [-0.39, 0.29) is 11.3 Å². The van der Waals surface area contributed by atoms with Crippen LogP contribution < -0.4 is 10.4 Å². The monoisotopic (exact) mass is 416 g/mol. The number of nitrogens with zero attached hydrogens (tertiary/aromatic N) is 3. The summed E-state index contributed by atoms with van der Waals surface area (Å²) in [4.78, 5) is 43.8. The van der Waals surface area contributed by atoms with E-state index in [0.717, 1.165) is 18.5 Å². The van der Waals surface area contributed by atoms with Crippen molar-refractivity contribution in [3.05, 3.63) is 30.3 Å². The summed E-state index contributed by atoms with van der Waals surface area (Å²) in [5.41, 5.74) is 2.64. The molecule has 0 unspecified atom stereocenters. The minimum absolute atomic E-state index is 0.159. The fraction of sp³-hybridized carbons (Fsp3) is 0.571. The van der Waals surface area contributed by atoms with Gasteiger partial charge in [-0.05, 0) is 36.8 Å². The van der Waals surface area contributed by atoms with E-state index in [4.69, 9.17) is 4.74 Å². The maximum Gasteiger partial charge on any atom is 0.410 e. The van der Waals surface area contributed by atoms with Gasteiger partial charge in [0.05, 0.1) is 13.0 Å². The molecule has 1 spiro atoms. The maximum absolute atomic E-state index is 13.5. The van der Waals surface area contributed by atoms with Crippen molar-refractivity contribution in [2.24, 2.45) is 11.3 Å². The number of carbonyl (C=O) groups is 3. The zero-order valence-corrected chi connectivity index (χ0v) is 17.1. The van der Waals surface area contributed by atoms with Crippen molar-refractivity contribution in [2.45, 2.75) is 25.3 Å². The highest BCUT2D eigenvalue weighted by Crippen LogP contribution is 2.55. The molecule has 9 heteroatoms. The molecule has 2 aliphatic heterocycles. The van der Waals surface area contributed by atoms with Gasteiger partial charge in [-0.25, -0.2) is 10.3 Å². The molecule has 2 N–H and O–H groups in total. The van der Waals surface area contributed by atoms with Crippen LogP contribution in [0.2, 0.25) is 0 Å². The third-order valence-corrected chi connectivity index (χ3v) is 6.65. The first kappa shape index (κ1) is 20.5. The number of anilines is 1. The van der Waals surface area contributed by atoms with Crippen LogP contribution in [0.15, 0.2) is 30.3 Å². The van der Waals surface area contributed by atoms with Crippen LogP contribution >= 0.6 is 0 Å². The lowest BCUT2D eigenvalue weighted by atomic mass is 9.80. The Kier molecular flexibility index (Phi) is 5.55. The fourth-order valence-electron chi connectivity index (χ4n) is 4.79. The van der Waals surface area contributed by atoms with Gasteiger partial charge >= 0.3 is 6.09 Å². The van der Waals surface area contributed by atoms with Gasteiger partial charge in [0.1, 0.15) is 6.04 Å². The first-order valence-electron chi connectivity index (χ1n) is 10.4. The lowest BCUT2D eigenvalue weighted by molar-refractivity contribution is -0.150. The van der Waals surface area contributed by atoms with Gasteiger partial charge in [0.2, 0.25) is 11.8 Å². The quantitative estimate of drug-likeness (QED) is 0.565. The molecule has 1 aromatic carbocycles. The van der Waals surface area contributed by atoms with Gasteiger partial charge in [0.25, 0.3) is 0 Å². The molecular formula is C21H28N4O5. The van der Waals surface area contributed by atoms with E-state index in [9.17, 15) is 19.6 Å². The first-order chi connectivity index (χ1) is 14.5. The Morgan fingerprint density at radius 2 is 1.77 bits per heavy atom. The van der Waals surface area contributed by atoms with Crippen molar-refractivity contribution in [1.82, 2.24) is 15.3 Å².